The maximum absolute atomic E-state index is 12.1. The van der Waals surface area contributed by atoms with Crippen molar-refractivity contribution >= 4 is 31.7 Å². The molecule has 0 fully saturated rings. The van der Waals surface area contributed by atoms with E-state index in [9.17, 15) is 13.2 Å². The Kier molecular flexibility index (Phi) is 4.55. The summed E-state index contributed by atoms with van der Waals surface area (Å²) in [6.45, 7) is 4.95. The Morgan fingerprint density at radius 2 is 1.94 bits per heavy atom. The first-order valence-corrected chi connectivity index (χ1v) is 7.75. The zero-order chi connectivity index (χ0) is 14.1. The molecule has 0 saturated heterocycles. The number of rotatable bonds is 4. The summed E-state index contributed by atoms with van der Waals surface area (Å²) in [4.78, 5) is 10.9. The van der Waals surface area contributed by atoms with E-state index in [1.807, 2.05) is 0 Å². The van der Waals surface area contributed by atoms with E-state index >= 15 is 0 Å². The van der Waals surface area contributed by atoms with Gasteiger partial charge in [0.25, 0.3) is 0 Å². The third-order valence-electron chi connectivity index (χ3n) is 2.72. The van der Waals surface area contributed by atoms with E-state index in [1.54, 1.807) is 20.8 Å². The van der Waals surface area contributed by atoms with E-state index in [-0.39, 0.29) is 11.3 Å². The van der Waals surface area contributed by atoms with Crippen LogP contribution in [0.5, 0.6) is 0 Å². The van der Waals surface area contributed by atoms with Crippen LogP contribution in [0, 0.1) is 6.92 Å². The molecule has 18 heavy (non-hydrogen) atoms. The van der Waals surface area contributed by atoms with Crippen LogP contribution in [-0.2, 0) is 21.1 Å². The van der Waals surface area contributed by atoms with Crippen molar-refractivity contribution in [2.24, 2.45) is 0 Å². The number of aliphatic carboxylic acids is 1. The van der Waals surface area contributed by atoms with E-state index in [0.717, 1.165) is 5.56 Å². The fraction of sp³-hybridized carbons (Fsp3) is 0.417. The fourth-order valence-electron chi connectivity index (χ4n) is 1.49. The quantitative estimate of drug-likeness (QED) is 0.918. The highest BCUT2D eigenvalue weighted by Gasteiger charge is 2.21. The molecule has 0 heterocycles. The molecule has 0 aliphatic rings. The van der Waals surface area contributed by atoms with Gasteiger partial charge in [-0.1, -0.05) is 15.9 Å². The maximum atomic E-state index is 12.1. The highest BCUT2D eigenvalue weighted by Crippen LogP contribution is 2.27. The van der Waals surface area contributed by atoms with Crippen molar-refractivity contribution in [2.45, 2.75) is 37.3 Å². The van der Waals surface area contributed by atoms with Gasteiger partial charge in [0.1, 0.15) is 0 Å². The molecule has 1 N–H and O–H groups in total. The van der Waals surface area contributed by atoms with Crippen molar-refractivity contribution in [3.05, 3.63) is 27.7 Å². The van der Waals surface area contributed by atoms with Crippen molar-refractivity contribution in [3.8, 4) is 0 Å². The monoisotopic (exact) mass is 334 g/mol. The maximum Gasteiger partial charge on any atom is 0.307 e. The zero-order valence-corrected chi connectivity index (χ0v) is 12.8. The first kappa shape index (κ1) is 15.2. The van der Waals surface area contributed by atoms with Crippen molar-refractivity contribution in [2.75, 3.05) is 0 Å². The Balaban J connectivity index is 3.42. The number of carboxylic acids is 1. The fourth-order valence-corrected chi connectivity index (χ4v) is 3.28. The van der Waals surface area contributed by atoms with Gasteiger partial charge < -0.3 is 5.11 Å². The van der Waals surface area contributed by atoms with Crippen LogP contribution in [0.3, 0.4) is 0 Å². The molecular formula is C12H15BrO4S. The van der Waals surface area contributed by atoms with Crippen LogP contribution in [0.2, 0.25) is 0 Å². The van der Waals surface area contributed by atoms with Crippen LogP contribution in [0.4, 0.5) is 0 Å². The second-order valence-electron chi connectivity index (χ2n) is 4.35. The molecule has 1 aromatic rings. The average molecular weight is 335 g/mol. The lowest BCUT2D eigenvalue weighted by molar-refractivity contribution is -0.136. The van der Waals surface area contributed by atoms with Gasteiger partial charge in [-0.2, -0.15) is 0 Å². The molecule has 0 aromatic heterocycles. The first-order valence-electron chi connectivity index (χ1n) is 5.41. The minimum atomic E-state index is -3.40. The van der Waals surface area contributed by atoms with Crippen molar-refractivity contribution in [1.29, 1.82) is 0 Å². The lowest BCUT2D eigenvalue weighted by Gasteiger charge is -2.12. The van der Waals surface area contributed by atoms with E-state index in [2.05, 4.69) is 15.9 Å². The third-order valence-corrected chi connectivity index (χ3v) is 5.67. The van der Waals surface area contributed by atoms with Crippen LogP contribution in [0.1, 0.15) is 25.0 Å². The van der Waals surface area contributed by atoms with E-state index in [4.69, 9.17) is 5.11 Å². The van der Waals surface area contributed by atoms with E-state index < -0.39 is 21.1 Å². The third kappa shape index (κ3) is 3.11. The molecule has 0 amide bonds. The number of benzene rings is 1. The minimum absolute atomic E-state index is 0.159. The molecule has 6 heteroatoms. The summed E-state index contributed by atoms with van der Waals surface area (Å²) in [6.07, 6.45) is -0.189. The SMILES string of the molecule is Cc1c(Br)cc(S(=O)(=O)C(C)C)cc1CC(=O)O. The van der Waals surface area contributed by atoms with Crippen LogP contribution < -0.4 is 0 Å². The van der Waals surface area contributed by atoms with Gasteiger partial charge in [-0.3, -0.25) is 4.79 Å². The van der Waals surface area contributed by atoms with Crippen LogP contribution in [0.15, 0.2) is 21.5 Å². The Morgan fingerprint density at radius 3 is 2.39 bits per heavy atom. The second-order valence-corrected chi connectivity index (χ2v) is 7.71. The summed E-state index contributed by atoms with van der Waals surface area (Å²) in [5.74, 6) is -0.982. The molecule has 0 bridgehead atoms. The summed E-state index contributed by atoms with van der Waals surface area (Å²) >= 11 is 3.27. The molecule has 4 nitrogen and oxygen atoms in total. The number of carboxylic acid groups (broad SMARTS) is 1. The second kappa shape index (κ2) is 5.40. The molecule has 0 unspecified atom stereocenters. The van der Waals surface area contributed by atoms with Crippen molar-refractivity contribution in [3.63, 3.8) is 0 Å². The van der Waals surface area contributed by atoms with Crippen LogP contribution in [0.25, 0.3) is 0 Å². The smallest absolute Gasteiger partial charge is 0.307 e. The summed E-state index contributed by atoms with van der Waals surface area (Å²) < 4.78 is 24.7. The molecule has 1 aromatic carbocycles. The topological polar surface area (TPSA) is 71.4 Å². The zero-order valence-electron chi connectivity index (χ0n) is 10.4. The molecular weight excluding hydrogens is 320 g/mol. The van der Waals surface area contributed by atoms with Crippen LogP contribution in [-0.4, -0.2) is 24.7 Å². The average Bonchev–Trinajstić information content (AvgIpc) is 2.23. The first-order chi connectivity index (χ1) is 8.16. The Labute approximate surface area is 115 Å². The van der Waals surface area contributed by atoms with Crippen molar-refractivity contribution < 1.29 is 18.3 Å². The number of hydrogen-bond donors (Lipinski definition) is 1. The summed E-state index contributed by atoms with van der Waals surface area (Å²) in [7, 11) is -3.40. The number of sulfone groups is 1. The summed E-state index contributed by atoms with van der Waals surface area (Å²) in [6, 6.07) is 2.97. The minimum Gasteiger partial charge on any atom is -0.481 e. The van der Waals surface area contributed by atoms with Gasteiger partial charge in [-0.25, -0.2) is 8.42 Å². The van der Waals surface area contributed by atoms with Crippen molar-refractivity contribution in [1.82, 2.24) is 0 Å². The number of halogens is 1. The molecule has 0 radical (unpaired) electrons. The molecule has 0 atom stereocenters. The Morgan fingerprint density at radius 1 is 1.39 bits per heavy atom. The lowest BCUT2D eigenvalue weighted by atomic mass is 10.1. The van der Waals surface area contributed by atoms with Gasteiger partial charge in [-0.15, -0.1) is 0 Å². The molecule has 0 spiro atoms. The van der Waals surface area contributed by atoms with Gasteiger partial charge in [0.2, 0.25) is 0 Å². The lowest BCUT2D eigenvalue weighted by Crippen LogP contribution is -2.15. The van der Waals surface area contributed by atoms with Gasteiger partial charge in [0.15, 0.2) is 9.84 Å². The standard InChI is InChI=1S/C12H15BrO4S/c1-7(2)18(16,17)10-4-9(5-12(14)15)8(3)11(13)6-10/h4,6-7H,5H2,1-3H3,(H,14,15). The largest absolute Gasteiger partial charge is 0.481 e. The van der Waals surface area contributed by atoms with Gasteiger partial charge >= 0.3 is 5.97 Å². The number of carbonyl (C=O) groups is 1. The molecule has 100 valence electrons. The van der Waals surface area contributed by atoms with Gasteiger partial charge in [-0.05, 0) is 44.0 Å². The normalized spacial score (nSPS) is 11.8. The Hall–Kier alpha value is -0.880. The van der Waals surface area contributed by atoms with E-state index in [0.29, 0.717) is 10.0 Å². The predicted molar refractivity (Wildman–Crippen MR) is 72.5 cm³/mol. The summed E-state index contributed by atoms with van der Waals surface area (Å²) in [5, 5.41) is 8.28. The molecule has 0 saturated carbocycles. The Bertz CT molecular complexity index is 576. The van der Waals surface area contributed by atoms with Crippen LogP contribution >= 0.6 is 15.9 Å². The molecule has 0 aliphatic heterocycles. The highest BCUT2D eigenvalue weighted by atomic mass is 79.9. The summed E-state index contributed by atoms with van der Waals surface area (Å²) in [5.41, 5.74) is 1.26. The predicted octanol–water partition coefficient (Wildman–Crippen LogP) is 2.57. The van der Waals surface area contributed by atoms with Gasteiger partial charge in [0, 0.05) is 4.47 Å². The number of hydrogen-bond acceptors (Lipinski definition) is 3. The highest BCUT2D eigenvalue weighted by molar-refractivity contribution is 9.10. The molecule has 1 rings (SSSR count). The van der Waals surface area contributed by atoms with Gasteiger partial charge in [0.05, 0.1) is 16.6 Å². The molecule has 0 aliphatic carbocycles. The van der Waals surface area contributed by atoms with E-state index in [1.165, 1.54) is 12.1 Å².